The maximum atomic E-state index is 12.2. The zero-order chi connectivity index (χ0) is 12.4. The Balaban J connectivity index is 2.35. The monoisotopic (exact) mass is 307 g/mol. The molecule has 0 unspecified atom stereocenters. The van der Waals surface area contributed by atoms with Gasteiger partial charge in [0.2, 0.25) is 0 Å². The standard InChI is InChI=1S/C12H12Cl3OP/c13-8-5-6-9(14)11(15)10(8)12(16)17-7-3-1-2-4-7/h5-7,16H,1-4H2/p-1. The van der Waals surface area contributed by atoms with E-state index in [1.54, 1.807) is 12.1 Å². The molecule has 1 aliphatic carbocycles. The number of halogens is 3. The second kappa shape index (κ2) is 5.91. The van der Waals surface area contributed by atoms with E-state index in [0.717, 1.165) is 21.0 Å². The third-order valence-electron chi connectivity index (χ3n) is 2.88. The molecule has 0 saturated heterocycles. The number of hydrogen-bond donors (Lipinski definition) is 0. The molecule has 1 aromatic rings. The van der Waals surface area contributed by atoms with Crippen LogP contribution >= 0.6 is 43.0 Å². The number of hydrogen-bond acceptors (Lipinski definition) is 1. The van der Waals surface area contributed by atoms with E-state index >= 15 is 0 Å². The zero-order valence-corrected chi connectivity index (χ0v) is 12.2. The van der Waals surface area contributed by atoms with Crippen LogP contribution in [0.1, 0.15) is 31.2 Å². The van der Waals surface area contributed by atoms with Gasteiger partial charge in [0.1, 0.15) is 0 Å². The maximum Gasteiger partial charge on any atom is 0.0672 e. The molecule has 17 heavy (non-hydrogen) atoms. The summed E-state index contributed by atoms with van der Waals surface area (Å²) in [4.78, 5) is 0. The fraction of sp³-hybridized carbons (Fsp3) is 0.417. The molecular formula is C12H11Cl3OP-. The van der Waals surface area contributed by atoms with Crippen molar-refractivity contribution in [3.63, 3.8) is 0 Å². The molecule has 92 valence electrons. The molecule has 1 aromatic carbocycles. The van der Waals surface area contributed by atoms with Gasteiger partial charge in [-0.25, -0.2) is 0 Å². The lowest BCUT2D eigenvalue weighted by atomic mass is 10.2. The lowest BCUT2D eigenvalue weighted by Crippen LogP contribution is -2.18. The van der Waals surface area contributed by atoms with E-state index in [4.69, 9.17) is 34.8 Å². The Morgan fingerprint density at radius 2 is 1.71 bits per heavy atom. The SMILES string of the molecule is [O-]C(=PC1CCCC1)c1c(Cl)ccc(Cl)c1Cl. The summed E-state index contributed by atoms with van der Waals surface area (Å²) in [5.74, 6) is 0. The van der Waals surface area contributed by atoms with E-state index in [-0.39, 0.29) is 10.5 Å². The molecule has 2 rings (SSSR count). The van der Waals surface area contributed by atoms with Gasteiger partial charge in [0.15, 0.2) is 0 Å². The van der Waals surface area contributed by atoms with Crippen molar-refractivity contribution in [2.24, 2.45) is 0 Å². The van der Waals surface area contributed by atoms with Crippen molar-refractivity contribution in [1.29, 1.82) is 0 Å². The fourth-order valence-corrected chi connectivity index (χ4v) is 4.13. The van der Waals surface area contributed by atoms with Crippen LogP contribution in [0.5, 0.6) is 0 Å². The Hall–Kier alpha value is 0.220. The average Bonchev–Trinajstić information content (AvgIpc) is 2.77. The Bertz CT molecular complexity index is 453. The van der Waals surface area contributed by atoms with Gasteiger partial charge in [0.25, 0.3) is 0 Å². The first-order chi connectivity index (χ1) is 8.09. The minimum absolute atomic E-state index is 0.0191. The minimum atomic E-state index is -0.0191. The van der Waals surface area contributed by atoms with Gasteiger partial charge in [-0.2, -0.15) is 0 Å². The van der Waals surface area contributed by atoms with Crippen molar-refractivity contribution in [3.05, 3.63) is 32.8 Å². The van der Waals surface area contributed by atoms with Crippen LogP contribution in [0.4, 0.5) is 0 Å². The van der Waals surface area contributed by atoms with E-state index in [1.165, 1.54) is 12.8 Å². The Labute approximate surface area is 117 Å². The van der Waals surface area contributed by atoms with Gasteiger partial charge in [0, 0.05) is 10.6 Å². The molecule has 0 N–H and O–H groups in total. The van der Waals surface area contributed by atoms with Crippen molar-refractivity contribution in [2.45, 2.75) is 31.3 Å². The fourth-order valence-electron chi connectivity index (χ4n) is 1.99. The topological polar surface area (TPSA) is 23.1 Å². The molecule has 0 spiro atoms. The summed E-state index contributed by atoms with van der Waals surface area (Å²) in [5, 5.41) is 13.2. The molecule has 1 fully saturated rings. The van der Waals surface area contributed by atoms with Crippen molar-refractivity contribution < 1.29 is 5.11 Å². The van der Waals surface area contributed by atoms with Crippen LogP contribution in [0.15, 0.2) is 12.1 Å². The van der Waals surface area contributed by atoms with Crippen LogP contribution in [0.3, 0.4) is 0 Å². The highest BCUT2D eigenvalue weighted by molar-refractivity contribution is 7.41. The van der Waals surface area contributed by atoms with E-state index in [0.29, 0.717) is 21.3 Å². The van der Waals surface area contributed by atoms with Crippen LogP contribution in [0.25, 0.3) is 0 Å². The summed E-state index contributed by atoms with van der Waals surface area (Å²) in [6.07, 6.45) is 4.65. The van der Waals surface area contributed by atoms with Crippen LogP contribution in [0.2, 0.25) is 15.1 Å². The summed E-state index contributed by atoms with van der Waals surface area (Å²) >= 11 is 18.0. The quantitative estimate of drug-likeness (QED) is 0.587. The Morgan fingerprint density at radius 3 is 2.35 bits per heavy atom. The molecule has 5 heteroatoms. The van der Waals surface area contributed by atoms with Gasteiger partial charge in [-0.3, -0.25) is 0 Å². The van der Waals surface area contributed by atoms with Gasteiger partial charge in [-0.15, -0.1) is 13.7 Å². The Kier molecular flexibility index (Phi) is 4.74. The summed E-state index contributed by atoms with van der Waals surface area (Å²) in [6.45, 7) is 0. The average molecular weight is 309 g/mol. The van der Waals surface area contributed by atoms with Crippen molar-refractivity contribution in [1.82, 2.24) is 0 Å². The predicted octanol–water partition coefficient (Wildman–Crippen LogP) is 4.37. The molecule has 1 aliphatic rings. The van der Waals surface area contributed by atoms with Gasteiger partial charge in [-0.1, -0.05) is 47.6 Å². The van der Waals surface area contributed by atoms with E-state index in [1.807, 2.05) is 0 Å². The van der Waals surface area contributed by atoms with E-state index < -0.39 is 0 Å². The molecule has 1 nitrogen and oxygen atoms in total. The molecule has 0 amide bonds. The van der Waals surface area contributed by atoms with Crippen molar-refractivity contribution in [2.75, 3.05) is 0 Å². The highest BCUT2D eigenvalue weighted by Gasteiger charge is 2.14. The highest BCUT2D eigenvalue weighted by Crippen LogP contribution is 2.35. The maximum absolute atomic E-state index is 12.2. The molecule has 1 saturated carbocycles. The lowest BCUT2D eigenvalue weighted by molar-refractivity contribution is -0.207. The third-order valence-corrected chi connectivity index (χ3v) is 5.34. The zero-order valence-electron chi connectivity index (χ0n) is 9.05. The van der Waals surface area contributed by atoms with Crippen molar-refractivity contribution >= 4 is 48.5 Å². The van der Waals surface area contributed by atoms with E-state index in [9.17, 15) is 5.11 Å². The summed E-state index contributed by atoms with van der Waals surface area (Å²) < 4.78 is 0. The van der Waals surface area contributed by atoms with Crippen LogP contribution in [-0.2, 0) is 0 Å². The third kappa shape index (κ3) is 3.16. The molecule has 0 aliphatic heterocycles. The van der Waals surface area contributed by atoms with E-state index in [2.05, 4.69) is 0 Å². The molecule has 0 aromatic heterocycles. The summed E-state index contributed by atoms with van der Waals surface area (Å²) in [5.41, 5.74) is 0.803. The first kappa shape index (κ1) is 13.6. The lowest BCUT2D eigenvalue weighted by Gasteiger charge is -2.18. The molecule has 0 heterocycles. The van der Waals surface area contributed by atoms with Crippen LogP contribution in [-0.4, -0.2) is 11.1 Å². The second-order valence-electron chi connectivity index (χ2n) is 4.09. The molecular weight excluding hydrogens is 297 g/mol. The molecule has 0 radical (unpaired) electrons. The first-order valence-corrected chi connectivity index (χ1v) is 7.58. The first-order valence-electron chi connectivity index (χ1n) is 5.48. The predicted molar refractivity (Wildman–Crippen MR) is 74.8 cm³/mol. The minimum Gasteiger partial charge on any atom is -0.823 e. The number of benzene rings is 1. The van der Waals surface area contributed by atoms with Crippen molar-refractivity contribution in [3.8, 4) is 0 Å². The highest BCUT2D eigenvalue weighted by atomic mass is 35.5. The van der Waals surface area contributed by atoms with Gasteiger partial charge >= 0.3 is 0 Å². The van der Waals surface area contributed by atoms with Crippen LogP contribution < -0.4 is 5.11 Å². The largest absolute Gasteiger partial charge is 0.823 e. The van der Waals surface area contributed by atoms with Gasteiger partial charge < -0.3 is 5.11 Å². The summed E-state index contributed by atoms with van der Waals surface area (Å²) in [6, 6.07) is 3.22. The Morgan fingerprint density at radius 1 is 1.12 bits per heavy atom. The number of rotatable bonds is 2. The molecule has 0 bridgehead atoms. The smallest absolute Gasteiger partial charge is 0.0672 e. The summed E-state index contributed by atoms with van der Waals surface area (Å²) in [7, 11) is 0.795. The van der Waals surface area contributed by atoms with Gasteiger partial charge in [-0.05, 0) is 30.6 Å². The second-order valence-corrected chi connectivity index (χ2v) is 6.68. The normalized spacial score (nSPS) is 17.8. The van der Waals surface area contributed by atoms with Crippen LogP contribution in [0, 0.1) is 0 Å². The molecule has 0 atom stereocenters. The van der Waals surface area contributed by atoms with Gasteiger partial charge in [0.05, 0.1) is 10.0 Å².